The summed E-state index contributed by atoms with van der Waals surface area (Å²) in [7, 11) is 1.59. The number of nitrogens with zero attached hydrogens (tertiary/aromatic N) is 1. The van der Waals surface area contributed by atoms with Crippen molar-refractivity contribution in [2.75, 3.05) is 0 Å². The first-order valence-electron chi connectivity index (χ1n) is 7.60. The van der Waals surface area contributed by atoms with E-state index in [2.05, 4.69) is 12.2 Å². The van der Waals surface area contributed by atoms with Crippen LogP contribution in [0.15, 0.2) is 23.1 Å². The first-order valence-corrected chi connectivity index (χ1v) is 7.60. The molecule has 0 saturated heterocycles. The van der Waals surface area contributed by atoms with Crippen molar-refractivity contribution in [3.05, 3.63) is 34.2 Å². The average Bonchev–Trinajstić information content (AvgIpc) is 2.50. The Morgan fingerprint density at radius 3 is 2.55 bits per heavy atom. The van der Waals surface area contributed by atoms with Crippen LogP contribution in [0.2, 0.25) is 0 Å². The van der Waals surface area contributed by atoms with Crippen LogP contribution in [-0.4, -0.2) is 27.1 Å². The highest BCUT2D eigenvalue weighted by atomic mass is 16.4. The summed E-state index contributed by atoms with van der Waals surface area (Å²) in [5.41, 5.74) is -1.32. The Bertz CT molecular complexity index is 627. The highest BCUT2D eigenvalue weighted by Gasteiger charge is 2.43. The van der Waals surface area contributed by atoms with Crippen molar-refractivity contribution < 1.29 is 14.7 Å². The molecular weight excluding hydrogens is 284 g/mol. The maximum atomic E-state index is 12.3. The number of carboxylic acids is 1. The molecule has 1 aromatic rings. The van der Waals surface area contributed by atoms with Crippen molar-refractivity contribution in [1.82, 2.24) is 9.88 Å². The molecule has 1 saturated carbocycles. The number of carbonyl (C=O) groups excluding carboxylic acids is 1. The Hall–Kier alpha value is -2.11. The number of aromatic nitrogens is 1. The highest BCUT2D eigenvalue weighted by molar-refractivity contribution is 5.97. The molecule has 1 aliphatic carbocycles. The van der Waals surface area contributed by atoms with E-state index in [0.29, 0.717) is 18.8 Å². The summed E-state index contributed by atoms with van der Waals surface area (Å²) in [6, 6.07) is 2.74. The highest BCUT2D eigenvalue weighted by Crippen LogP contribution is 2.34. The molecule has 0 radical (unpaired) electrons. The third kappa shape index (κ3) is 3.21. The van der Waals surface area contributed by atoms with Crippen LogP contribution in [0, 0.1) is 5.92 Å². The predicted molar refractivity (Wildman–Crippen MR) is 81.8 cm³/mol. The molecule has 6 nitrogen and oxygen atoms in total. The molecule has 1 heterocycles. The van der Waals surface area contributed by atoms with Gasteiger partial charge in [0.25, 0.3) is 11.5 Å². The van der Waals surface area contributed by atoms with E-state index < -0.39 is 17.4 Å². The first kappa shape index (κ1) is 16.3. The quantitative estimate of drug-likeness (QED) is 0.883. The summed E-state index contributed by atoms with van der Waals surface area (Å²) < 4.78 is 1.36. The van der Waals surface area contributed by atoms with Gasteiger partial charge in [-0.15, -0.1) is 0 Å². The second-order valence-electron chi connectivity index (χ2n) is 6.06. The molecule has 1 aromatic heterocycles. The monoisotopic (exact) mass is 306 g/mol. The molecule has 0 aliphatic heterocycles. The molecule has 120 valence electrons. The zero-order valence-electron chi connectivity index (χ0n) is 13.0. The molecule has 2 rings (SSSR count). The third-order valence-corrected chi connectivity index (χ3v) is 4.66. The number of amides is 1. The summed E-state index contributed by atoms with van der Waals surface area (Å²) in [5, 5.41) is 12.2. The molecule has 6 heteroatoms. The van der Waals surface area contributed by atoms with Crippen LogP contribution in [0.3, 0.4) is 0 Å². The molecule has 1 fully saturated rings. The van der Waals surface area contributed by atoms with E-state index in [0.717, 1.165) is 19.3 Å². The van der Waals surface area contributed by atoms with Crippen molar-refractivity contribution in [3.8, 4) is 0 Å². The van der Waals surface area contributed by atoms with Gasteiger partial charge in [-0.2, -0.15) is 0 Å². The summed E-state index contributed by atoms with van der Waals surface area (Å²) in [6.07, 6.45) is 4.96. The minimum Gasteiger partial charge on any atom is -0.480 e. The fourth-order valence-corrected chi connectivity index (χ4v) is 2.95. The van der Waals surface area contributed by atoms with Crippen molar-refractivity contribution in [2.24, 2.45) is 13.0 Å². The minimum atomic E-state index is -1.22. The number of rotatable bonds is 4. The van der Waals surface area contributed by atoms with Crippen molar-refractivity contribution in [2.45, 2.75) is 44.6 Å². The molecule has 0 spiro atoms. The smallest absolute Gasteiger partial charge is 0.329 e. The lowest BCUT2D eigenvalue weighted by molar-refractivity contribution is -0.146. The second kappa shape index (κ2) is 6.34. The molecular formula is C16H22N2O4. The third-order valence-electron chi connectivity index (χ3n) is 4.66. The number of hydrogen-bond donors (Lipinski definition) is 2. The van der Waals surface area contributed by atoms with Crippen LogP contribution in [-0.2, 0) is 11.8 Å². The van der Waals surface area contributed by atoms with Crippen LogP contribution in [0.25, 0.3) is 0 Å². The van der Waals surface area contributed by atoms with Crippen LogP contribution in [0.5, 0.6) is 0 Å². The van der Waals surface area contributed by atoms with Gasteiger partial charge in [-0.3, -0.25) is 9.59 Å². The number of nitrogens with one attached hydrogen (secondary N) is 1. The topological polar surface area (TPSA) is 88.4 Å². The van der Waals surface area contributed by atoms with E-state index in [1.807, 2.05) is 0 Å². The Balaban J connectivity index is 2.18. The van der Waals surface area contributed by atoms with E-state index in [1.165, 1.54) is 22.9 Å². The van der Waals surface area contributed by atoms with Crippen LogP contribution in [0.4, 0.5) is 0 Å². The zero-order valence-corrected chi connectivity index (χ0v) is 13.0. The predicted octanol–water partition coefficient (Wildman–Crippen LogP) is 1.54. The van der Waals surface area contributed by atoms with Crippen molar-refractivity contribution >= 4 is 11.9 Å². The Morgan fingerprint density at radius 1 is 1.41 bits per heavy atom. The molecule has 0 aromatic carbocycles. The van der Waals surface area contributed by atoms with Crippen LogP contribution >= 0.6 is 0 Å². The van der Waals surface area contributed by atoms with E-state index in [-0.39, 0.29) is 11.1 Å². The average molecular weight is 306 g/mol. The van der Waals surface area contributed by atoms with Crippen molar-refractivity contribution in [1.29, 1.82) is 0 Å². The molecule has 1 aliphatic rings. The van der Waals surface area contributed by atoms with E-state index in [1.54, 1.807) is 7.05 Å². The van der Waals surface area contributed by atoms with Gasteiger partial charge in [0.1, 0.15) is 5.54 Å². The maximum absolute atomic E-state index is 12.3. The van der Waals surface area contributed by atoms with Gasteiger partial charge in [0, 0.05) is 24.9 Å². The second-order valence-corrected chi connectivity index (χ2v) is 6.06. The summed E-state index contributed by atoms with van der Waals surface area (Å²) in [4.78, 5) is 35.6. The SMILES string of the molecule is CCC1CCC(NC(=O)c2ccn(C)c(=O)c2)(C(=O)O)CC1. The van der Waals surface area contributed by atoms with Crippen LogP contribution < -0.4 is 10.9 Å². The lowest BCUT2D eigenvalue weighted by Crippen LogP contribution is -2.56. The van der Waals surface area contributed by atoms with Gasteiger partial charge in [-0.25, -0.2) is 4.79 Å². The lowest BCUT2D eigenvalue weighted by atomic mass is 9.75. The molecule has 0 unspecified atom stereocenters. The van der Waals surface area contributed by atoms with Crippen molar-refractivity contribution in [3.63, 3.8) is 0 Å². The van der Waals surface area contributed by atoms with Gasteiger partial charge in [-0.05, 0) is 37.7 Å². The lowest BCUT2D eigenvalue weighted by Gasteiger charge is -2.37. The molecule has 2 N–H and O–H groups in total. The summed E-state index contributed by atoms with van der Waals surface area (Å²) in [6.45, 7) is 2.09. The molecule has 1 amide bonds. The van der Waals surface area contributed by atoms with E-state index >= 15 is 0 Å². The fourth-order valence-electron chi connectivity index (χ4n) is 2.95. The Kier molecular flexibility index (Phi) is 4.68. The zero-order chi connectivity index (χ0) is 16.3. The fraction of sp³-hybridized carbons (Fsp3) is 0.562. The largest absolute Gasteiger partial charge is 0.480 e. The molecule has 22 heavy (non-hydrogen) atoms. The van der Waals surface area contributed by atoms with Gasteiger partial charge < -0.3 is 15.0 Å². The van der Waals surface area contributed by atoms with Gasteiger partial charge >= 0.3 is 5.97 Å². The maximum Gasteiger partial charge on any atom is 0.329 e. The van der Waals surface area contributed by atoms with E-state index in [9.17, 15) is 19.5 Å². The number of pyridine rings is 1. The first-order chi connectivity index (χ1) is 10.4. The van der Waals surface area contributed by atoms with Gasteiger partial charge in [0.2, 0.25) is 0 Å². The van der Waals surface area contributed by atoms with Crippen LogP contribution in [0.1, 0.15) is 49.4 Å². The standard InChI is InChI=1S/C16H22N2O4/c1-3-11-4-7-16(8-5-11,15(21)22)17-14(20)12-6-9-18(2)13(19)10-12/h6,9-11H,3-5,7-8H2,1-2H3,(H,17,20)(H,21,22). The van der Waals surface area contributed by atoms with Gasteiger partial charge in [0.05, 0.1) is 0 Å². The molecule has 0 atom stereocenters. The Labute approximate surface area is 129 Å². The van der Waals surface area contributed by atoms with E-state index in [4.69, 9.17) is 0 Å². The van der Waals surface area contributed by atoms with Gasteiger partial charge in [0.15, 0.2) is 0 Å². The normalized spacial score (nSPS) is 24.7. The number of carbonyl (C=O) groups is 2. The number of aliphatic carboxylic acids is 1. The summed E-state index contributed by atoms with van der Waals surface area (Å²) >= 11 is 0. The Morgan fingerprint density at radius 2 is 2.05 bits per heavy atom. The number of carboxylic acid groups (broad SMARTS) is 1. The summed E-state index contributed by atoms with van der Waals surface area (Å²) in [5.74, 6) is -0.984. The molecule has 0 bridgehead atoms. The minimum absolute atomic E-state index is 0.196. The van der Waals surface area contributed by atoms with Gasteiger partial charge in [-0.1, -0.05) is 13.3 Å². The number of aryl methyl sites for hydroxylation is 1. The number of hydrogen-bond acceptors (Lipinski definition) is 3.